The maximum Gasteiger partial charge on any atom is 0.313 e. The van der Waals surface area contributed by atoms with Crippen LogP contribution in [0.1, 0.15) is 17.3 Å². The van der Waals surface area contributed by atoms with Gasteiger partial charge in [-0.25, -0.2) is 4.39 Å². The van der Waals surface area contributed by atoms with Gasteiger partial charge in [0.1, 0.15) is 5.82 Å². The van der Waals surface area contributed by atoms with Gasteiger partial charge < -0.3 is 14.7 Å². The van der Waals surface area contributed by atoms with Crippen LogP contribution in [-0.2, 0) is 16.1 Å². The Balaban J connectivity index is 2.02. The van der Waals surface area contributed by atoms with Crippen molar-refractivity contribution in [3.05, 3.63) is 41.3 Å². The first-order valence-corrected chi connectivity index (χ1v) is 6.48. The van der Waals surface area contributed by atoms with Crippen LogP contribution in [0.15, 0.2) is 22.7 Å². The van der Waals surface area contributed by atoms with Crippen LogP contribution in [0.3, 0.4) is 0 Å². The summed E-state index contributed by atoms with van der Waals surface area (Å²) < 4.78 is 18.0. The molecule has 1 aromatic heterocycles. The molecule has 0 saturated carbocycles. The van der Waals surface area contributed by atoms with Crippen LogP contribution in [0.2, 0.25) is 0 Å². The van der Waals surface area contributed by atoms with Gasteiger partial charge in [0.2, 0.25) is 5.89 Å². The minimum Gasteiger partial charge on any atom is -0.340 e. The summed E-state index contributed by atoms with van der Waals surface area (Å²) >= 11 is 0. The summed E-state index contributed by atoms with van der Waals surface area (Å²) in [6.45, 7) is 3.36. The number of carbonyl (C=O) groups excluding carboxylic acids is 2. The van der Waals surface area contributed by atoms with Gasteiger partial charge in [0.15, 0.2) is 5.82 Å². The number of aromatic nitrogens is 2. The Kier molecular flexibility index (Phi) is 4.50. The Hall–Kier alpha value is -2.77. The molecule has 8 heteroatoms. The topological polar surface area (TPSA) is 88.3 Å². The Morgan fingerprint density at radius 1 is 1.36 bits per heavy atom. The average Bonchev–Trinajstić information content (AvgIpc) is 2.87. The van der Waals surface area contributed by atoms with Crippen LogP contribution < -0.4 is 5.32 Å². The molecule has 0 atom stereocenters. The molecule has 0 saturated heterocycles. The summed E-state index contributed by atoms with van der Waals surface area (Å²) in [5.74, 6) is -1.48. The number of carbonyl (C=O) groups is 2. The van der Waals surface area contributed by atoms with Gasteiger partial charge in [-0.15, -0.1) is 0 Å². The summed E-state index contributed by atoms with van der Waals surface area (Å²) in [6.07, 6.45) is 0. The smallest absolute Gasteiger partial charge is 0.313 e. The Bertz CT molecular complexity index is 714. The summed E-state index contributed by atoms with van der Waals surface area (Å²) in [4.78, 5) is 29.0. The van der Waals surface area contributed by atoms with Gasteiger partial charge >= 0.3 is 11.8 Å². The van der Waals surface area contributed by atoms with Gasteiger partial charge in [-0.1, -0.05) is 11.2 Å². The van der Waals surface area contributed by atoms with E-state index < -0.39 is 17.6 Å². The fraction of sp³-hybridized carbons (Fsp3) is 0.286. The normalized spacial score (nSPS) is 10.4. The third-order valence-corrected chi connectivity index (χ3v) is 2.94. The van der Waals surface area contributed by atoms with Gasteiger partial charge in [-0.3, -0.25) is 9.59 Å². The van der Waals surface area contributed by atoms with E-state index in [4.69, 9.17) is 4.52 Å². The van der Waals surface area contributed by atoms with Crippen molar-refractivity contribution < 1.29 is 18.5 Å². The third-order valence-electron chi connectivity index (χ3n) is 2.94. The molecule has 2 rings (SSSR count). The van der Waals surface area contributed by atoms with Crippen molar-refractivity contribution in [1.82, 2.24) is 15.0 Å². The van der Waals surface area contributed by atoms with Crippen LogP contribution in [0.4, 0.5) is 10.1 Å². The molecule has 2 aromatic rings. The lowest BCUT2D eigenvalue weighted by Gasteiger charge is -2.15. The van der Waals surface area contributed by atoms with E-state index in [1.165, 1.54) is 19.2 Å². The number of anilines is 1. The number of nitrogens with one attached hydrogen (secondary N) is 1. The monoisotopic (exact) mass is 306 g/mol. The van der Waals surface area contributed by atoms with Gasteiger partial charge in [0.25, 0.3) is 0 Å². The van der Waals surface area contributed by atoms with E-state index in [0.29, 0.717) is 17.3 Å². The second-order valence-corrected chi connectivity index (χ2v) is 4.80. The third kappa shape index (κ3) is 3.66. The van der Waals surface area contributed by atoms with Crippen LogP contribution in [-0.4, -0.2) is 33.9 Å². The van der Waals surface area contributed by atoms with Gasteiger partial charge in [0.05, 0.1) is 6.54 Å². The lowest BCUT2D eigenvalue weighted by atomic mass is 10.2. The molecule has 1 heterocycles. The number of hydrogen-bond donors (Lipinski definition) is 1. The van der Waals surface area contributed by atoms with Crippen molar-refractivity contribution in [1.29, 1.82) is 0 Å². The predicted octanol–water partition coefficient (Wildman–Crippen LogP) is 1.42. The molecule has 0 aliphatic carbocycles. The molecular weight excluding hydrogens is 291 g/mol. The van der Waals surface area contributed by atoms with E-state index in [0.717, 1.165) is 11.0 Å². The van der Waals surface area contributed by atoms with Crippen molar-refractivity contribution in [2.75, 3.05) is 12.4 Å². The first-order chi connectivity index (χ1) is 10.4. The van der Waals surface area contributed by atoms with Crippen molar-refractivity contribution in [2.24, 2.45) is 0 Å². The Labute approximate surface area is 126 Å². The van der Waals surface area contributed by atoms with E-state index in [-0.39, 0.29) is 12.2 Å². The van der Waals surface area contributed by atoms with Crippen LogP contribution in [0, 0.1) is 19.7 Å². The number of halogens is 1. The molecular formula is C14H15FN4O3. The molecule has 0 spiro atoms. The number of amides is 2. The zero-order valence-electron chi connectivity index (χ0n) is 12.4. The van der Waals surface area contributed by atoms with Gasteiger partial charge in [0, 0.05) is 19.7 Å². The van der Waals surface area contributed by atoms with E-state index in [9.17, 15) is 14.0 Å². The molecule has 1 N–H and O–H groups in total. The average molecular weight is 306 g/mol. The molecule has 0 bridgehead atoms. The molecule has 22 heavy (non-hydrogen) atoms. The highest BCUT2D eigenvalue weighted by atomic mass is 19.1. The van der Waals surface area contributed by atoms with Crippen molar-refractivity contribution in [3.8, 4) is 0 Å². The maximum absolute atomic E-state index is 13.2. The Morgan fingerprint density at radius 2 is 2.09 bits per heavy atom. The molecule has 0 aliphatic heterocycles. The SMILES string of the molecule is Cc1nc(CN(C)C(=O)C(=O)Nc2cc(F)ccc2C)no1. The number of hydrogen-bond acceptors (Lipinski definition) is 5. The second kappa shape index (κ2) is 6.33. The standard InChI is InChI=1S/C14H15FN4O3/c1-8-4-5-10(15)6-11(8)17-13(20)14(21)19(3)7-12-16-9(2)22-18-12/h4-6H,7H2,1-3H3,(H,17,20). The Morgan fingerprint density at radius 3 is 2.73 bits per heavy atom. The number of nitrogens with zero attached hydrogens (tertiary/aromatic N) is 3. The van der Waals surface area contributed by atoms with Gasteiger partial charge in [-0.2, -0.15) is 4.98 Å². The summed E-state index contributed by atoms with van der Waals surface area (Å²) in [5.41, 5.74) is 0.904. The minimum atomic E-state index is -0.864. The minimum absolute atomic E-state index is 0.0335. The molecule has 0 fully saturated rings. The second-order valence-electron chi connectivity index (χ2n) is 4.80. The molecule has 0 aliphatic rings. The first-order valence-electron chi connectivity index (χ1n) is 6.48. The zero-order chi connectivity index (χ0) is 16.3. The van der Waals surface area contributed by atoms with Crippen LogP contribution >= 0.6 is 0 Å². The highest BCUT2D eigenvalue weighted by Crippen LogP contribution is 2.16. The van der Waals surface area contributed by atoms with Crippen LogP contribution in [0.25, 0.3) is 0 Å². The molecule has 0 unspecified atom stereocenters. The van der Waals surface area contributed by atoms with E-state index in [1.54, 1.807) is 13.8 Å². The maximum atomic E-state index is 13.2. The first kappa shape index (κ1) is 15.6. The number of rotatable bonds is 3. The quantitative estimate of drug-likeness (QED) is 0.866. The van der Waals surface area contributed by atoms with E-state index in [1.807, 2.05) is 0 Å². The fourth-order valence-corrected chi connectivity index (χ4v) is 1.77. The summed E-state index contributed by atoms with van der Waals surface area (Å²) in [5, 5.41) is 6.03. The highest BCUT2D eigenvalue weighted by molar-refractivity contribution is 6.39. The highest BCUT2D eigenvalue weighted by Gasteiger charge is 2.21. The van der Waals surface area contributed by atoms with E-state index >= 15 is 0 Å². The lowest BCUT2D eigenvalue weighted by Crippen LogP contribution is -2.37. The van der Waals surface area contributed by atoms with Crippen LogP contribution in [0.5, 0.6) is 0 Å². The molecule has 1 aromatic carbocycles. The summed E-state index contributed by atoms with van der Waals surface area (Å²) in [7, 11) is 1.44. The molecule has 0 radical (unpaired) electrons. The van der Waals surface area contributed by atoms with Crippen molar-refractivity contribution in [2.45, 2.75) is 20.4 Å². The van der Waals surface area contributed by atoms with Crippen molar-refractivity contribution in [3.63, 3.8) is 0 Å². The van der Waals surface area contributed by atoms with Gasteiger partial charge in [-0.05, 0) is 24.6 Å². The molecule has 7 nitrogen and oxygen atoms in total. The number of likely N-dealkylation sites (N-methyl/N-ethyl adjacent to an activating group) is 1. The molecule has 116 valence electrons. The predicted molar refractivity (Wildman–Crippen MR) is 75.3 cm³/mol. The lowest BCUT2D eigenvalue weighted by molar-refractivity contribution is -0.142. The summed E-state index contributed by atoms with van der Waals surface area (Å²) in [6, 6.07) is 3.95. The zero-order valence-corrected chi connectivity index (χ0v) is 12.4. The molecule has 2 amide bonds. The number of aryl methyl sites for hydroxylation is 2. The fourth-order valence-electron chi connectivity index (χ4n) is 1.77. The largest absolute Gasteiger partial charge is 0.340 e. The number of benzene rings is 1. The van der Waals surface area contributed by atoms with Crippen molar-refractivity contribution >= 4 is 17.5 Å². The van der Waals surface area contributed by atoms with E-state index in [2.05, 4.69) is 15.5 Å².